The Balaban J connectivity index is 2.55. The number of likely N-dealkylation sites (N-methyl/N-ethyl adjacent to an activating group) is 1. The minimum atomic E-state index is -0.685. The van der Waals surface area contributed by atoms with Crippen LogP contribution in [0.4, 0.5) is 4.79 Å². The zero-order chi connectivity index (χ0) is 16.5. The molecule has 1 saturated heterocycles. The van der Waals surface area contributed by atoms with E-state index in [2.05, 4.69) is 17.4 Å². The number of piperidine rings is 1. The summed E-state index contributed by atoms with van der Waals surface area (Å²) in [4.78, 5) is 32.9. The van der Waals surface area contributed by atoms with Gasteiger partial charge in [0, 0.05) is 19.6 Å². The molecule has 1 aliphatic rings. The van der Waals surface area contributed by atoms with E-state index in [-0.39, 0.29) is 12.0 Å². The van der Waals surface area contributed by atoms with Crippen molar-refractivity contribution in [3.05, 3.63) is 0 Å². The number of urea groups is 1. The number of hydroxylamine groups is 2. The van der Waals surface area contributed by atoms with Crippen LogP contribution in [0.1, 0.15) is 39.5 Å². The molecule has 0 aromatic carbocycles. The first-order chi connectivity index (χ1) is 10.5. The lowest BCUT2D eigenvalue weighted by molar-refractivity contribution is -0.145. The van der Waals surface area contributed by atoms with Crippen LogP contribution in [0, 0.1) is 0 Å². The fourth-order valence-corrected chi connectivity index (χ4v) is 2.58. The van der Waals surface area contributed by atoms with Gasteiger partial charge in [0.05, 0.1) is 6.10 Å². The molecule has 22 heavy (non-hydrogen) atoms. The van der Waals surface area contributed by atoms with Crippen molar-refractivity contribution in [2.24, 2.45) is 0 Å². The van der Waals surface area contributed by atoms with Crippen molar-refractivity contribution in [1.29, 1.82) is 0 Å². The molecule has 8 heteroatoms. The second-order valence-electron chi connectivity index (χ2n) is 5.59. The summed E-state index contributed by atoms with van der Waals surface area (Å²) >= 11 is 0. The third kappa shape index (κ3) is 5.43. The van der Waals surface area contributed by atoms with Crippen molar-refractivity contribution >= 4 is 11.9 Å². The Bertz CT molecular complexity index is 359. The summed E-state index contributed by atoms with van der Waals surface area (Å²) in [7, 11) is 2.05. The zero-order valence-electron chi connectivity index (χ0n) is 13.7. The molecule has 0 aromatic heterocycles. The van der Waals surface area contributed by atoms with Gasteiger partial charge in [-0.15, -0.1) is 0 Å². The number of carbonyl (C=O) groups is 2. The fraction of sp³-hybridized carbons (Fsp3) is 0.857. The van der Waals surface area contributed by atoms with E-state index in [1.165, 1.54) is 4.90 Å². The van der Waals surface area contributed by atoms with Crippen LogP contribution in [0.3, 0.4) is 0 Å². The van der Waals surface area contributed by atoms with E-state index in [0.29, 0.717) is 13.0 Å². The highest BCUT2D eigenvalue weighted by Gasteiger charge is 2.29. The summed E-state index contributed by atoms with van der Waals surface area (Å²) in [6.45, 7) is 5.88. The number of carbonyl (C=O) groups excluding carboxylic acids is 2. The van der Waals surface area contributed by atoms with Gasteiger partial charge in [0.15, 0.2) is 0 Å². The largest absolute Gasteiger partial charge is 0.341 e. The summed E-state index contributed by atoms with van der Waals surface area (Å²) in [5, 5.41) is 8.78. The molecule has 3 N–H and O–H groups in total. The van der Waals surface area contributed by atoms with Crippen LogP contribution in [-0.4, -0.2) is 65.8 Å². The van der Waals surface area contributed by atoms with Crippen molar-refractivity contribution in [2.45, 2.75) is 51.7 Å². The minimum Gasteiger partial charge on any atom is -0.311 e. The van der Waals surface area contributed by atoms with Crippen molar-refractivity contribution in [3.8, 4) is 0 Å². The number of hydrogen-bond donors (Lipinski definition) is 3. The number of hydrogen-bond acceptors (Lipinski definition) is 5. The second-order valence-corrected chi connectivity index (χ2v) is 5.59. The molecule has 0 radical (unpaired) electrons. The first kappa shape index (κ1) is 18.7. The zero-order valence-corrected chi connectivity index (χ0v) is 13.7. The highest BCUT2D eigenvalue weighted by Crippen LogP contribution is 2.12. The maximum absolute atomic E-state index is 12.3. The smallest absolute Gasteiger partial charge is 0.311 e. The Morgan fingerprint density at radius 2 is 2.00 bits per heavy atom. The topological polar surface area (TPSA) is 94.1 Å². The molecule has 0 spiro atoms. The van der Waals surface area contributed by atoms with E-state index in [9.17, 15) is 9.59 Å². The molecular formula is C14H28N4O4. The van der Waals surface area contributed by atoms with Crippen LogP contribution < -0.4 is 11.0 Å². The first-order valence-electron chi connectivity index (χ1n) is 7.88. The average molecular weight is 316 g/mol. The van der Waals surface area contributed by atoms with Crippen LogP contribution in [0.5, 0.6) is 0 Å². The Hall–Kier alpha value is -1.38. The van der Waals surface area contributed by atoms with Crippen molar-refractivity contribution < 1.29 is 19.6 Å². The summed E-state index contributed by atoms with van der Waals surface area (Å²) in [6.07, 6.45) is 2.98. The highest BCUT2D eigenvalue weighted by atomic mass is 16.7. The van der Waals surface area contributed by atoms with Gasteiger partial charge in [-0.1, -0.05) is 13.3 Å². The summed E-state index contributed by atoms with van der Waals surface area (Å²) in [5.41, 5.74) is 4.07. The SMILES string of the molecule is CCC[C@@H](C(=O)NOC1CCN(C)CC1)N(CC)C(=O)NO. The number of rotatable bonds is 7. The van der Waals surface area contributed by atoms with Gasteiger partial charge in [0.2, 0.25) is 0 Å². The predicted octanol–water partition coefficient (Wildman–Crippen LogP) is 0.718. The Kier molecular flexibility index (Phi) is 8.15. The number of likely N-dealkylation sites (tertiary alicyclic amines) is 1. The van der Waals surface area contributed by atoms with Crippen LogP contribution in [0.2, 0.25) is 0 Å². The number of nitrogens with one attached hydrogen (secondary N) is 2. The molecule has 1 fully saturated rings. The standard InChI is InChI=1S/C14H28N4O4/c1-4-6-12(18(5-2)14(20)15-21)13(19)16-22-11-7-9-17(3)10-8-11/h11-12,21H,4-10H2,1-3H3,(H,15,20)(H,16,19)/t12-/m0/s1. The third-order valence-corrected chi connectivity index (χ3v) is 3.93. The van der Waals surface area contributed by atoms with Crippen molar-refractivity contribution in [1.82, 2.24) is 20.8 Å². The average Bonchev–Trinajstić information content (AvgIpc) is 2.53. The molecular weight excluding hydrogens is 288 g/mol. The van der Waals surface area contributed by atoms with E-state index < -0.39 is 12.1 Å². The van der Waals surface area contributed by atoms with Crippen molar-refractivity contribution in [3.63, 3.8) is 0 Å². The molecule has 1 rings (SSSR count). The van der Waals surface area contributed by atoms with Gasteiger partial charge in [-0.05, 0) is 33.2 Å². The molecule has 0 unspecified atom stereocenters. The number of amides is 3. The van der Waals surface area contributed by atoms with Gasteiger partial charge >= 0.3 is 6.03 Å². The summed E-state index contributed by atoms with van der Waals surface area (Å²) in [5.74, 6) is -0.355. The quantitative estimate of drug-likeness (QED) is 0.475. The molecule has 8 nitrogen and oxygen atoms in total. The number of nitrogens with zero attached hydrogens (tertiary/aromatic N) is 2. The molecule has 3 amide bonds. The lowest BCUT2D eigenvalue weighted by Gasteiger charge is -2.31. The second kappa shape index (κ2) is 9.60. The van der Waals surface area contributed by atoms with E-state index in [1.807, 2.05) is 6.92 Å². The van der Waals surface area contributed by atoms with E-state index in [1.54, 1.807) is 12.4 Å². The van der Waals surface area contributed by atoms with E-state index in [0.717, 1.165) is 32.4 Å². The maximum atomic E-state index is 12.3. The molecule has 0 bridgehead atoms. The van der Waals surface area contributed by atoms with Gasteiger partial charge in [0.1, 0.15) is 6.04 Å². The molecule has 1 aliphatic heterocycles. The Morgan fingerprint density at radius 1 is 1.36 bits per heavy atom. The van der Waals surface area contributed by atoms with Gasteiger partial charge in [-0.25, -0.2) is 15.8 Å². The summed E-state index contributed by atoms with van der Waals surface area (Å²) in [6, 6.07) is -1.34. The van der Waals surface area contributed by atoms with Gasteiger partial charge < -0.3 is 9.80 Å². The van der Waals surface area contributed by atoms with Gasteiger partial charge in [-0.3, -0.25) is 14.8 Å². The molecule has 128 valence electrons. The molecule has 1 heterocycles. The lowest BCUT2D eigenvalue weighted by atomic mass is 10.1. The van der Waals surface area contributed by atoms with Crippen LogP contribution in [-0.2, 0) is 9.63 Å². The predicted molar refractivity (Wildman–Crippen MR) is 81.1 cm³/mol. The van der Waals surface area contributed by atoms with Crippen LogP contribution in [0.25, 0.3) is 0 Å². The Morgan fingerprint density at radius 3 is 2.50 bits per heavy atom. The van der Waals surface area contributed by atoms with E-state index >= 15 is 0 Å². The monoisotopic (exact) mass is 316 g/mol. The Labute approximate surface area is 131 Å². The summed E-state index contributed by atoms with van der Waals surface area (Å²) < 4.78 is 0. The fourth-order valence-electron chi connectivity index (χ4n) is 2.58. The first-order valence-corrected chi connectivity index (χ1v) is 7.88. The molecule has 0 aromatic rings. The lowest BCUT2D eigenvalue weighted by Crippen LogP contribution is -2.53. The maximum Gasteiger partial charge on any atom is 0.341 e. The van der Waals surface area contributed by atoms with Gasteiger partial charge in [-0.2, -0.15) is 0 Å². The highest BCUT2D eigenvalue weighted by molar-refractivity contribution is 5.86. The van der Waals surface area contributed by atoms with Crippen LogP contribution >= 0.6 is 0 Å². The third-order valence-electron chi connectivity index (χ3n) is 3.93. The van der Waals surface area contributed by atoms with Crippen LogP contribution in [0.15, 0.2) is 0 Å². The molecule has 1 atom stereocenters. The normalized spacial score (nSPS) is 17.8. The minimum absolute atomic E-state index is 0.00386. The van der Waals surface area contributed by atoms with Crippen molar-refractivity contribution in [2.75, 3.05) is 26.7 Å². The molecule has 0 aliphatic carbocycles. The molecule has 0 saturated carbocycles. The van der Waals surface area contributed by atoms with E-state index in [4.69, 9.17) is 10.0 Å². The van der Waals surface area contributed by atoms with Gasteiger partial charge in [0.25, 0.3) is 5.91 Å².